The fourth-order valence-corrected chi connectivity index (χ4v) is 2.54. The fraction of sp³-hybridized carbons (Fsp3) is 0.611. The maximum atomic E-state index is 11.0. The lowest BCUT2D eigenvalue weighted by Crippen LogP contribution is -2.40. The van der Waals surface area contributed by atoms with Crippen LogP contribution in [0.2, 0.25) is 0 Å². The lowest BCUT2D eigenvalue weighted by molar-refractivity contribution is 0.287. The second-order valence-electron chi connectivity index (χ2n) is 6.63. The first-order chi connectivity index (χ1) is 12.2. The number of rotatable bonds is 10. The van der Waals surface area contributed by atoms with E-state index in [2.05, 4.69) is 29.5 Å². The smallest absolute Gasteiger partial charge is 0.210 e. The van der Waals surface area contributed by atoms with Gasteiger partial charge in [-0.15, -0.1) is 0 Å². The van der Waals surface area contributed by atoms with Crippen molar-refractivity contribution in [2.75, 3.05) is 25.4 Å². The van der Waals surface area contributed by atoms with Crippen molar-refractivity contribution in [2.45, 2.75) is 40.7 Å². The van der Waals surface area contributed by atoms with Crippen molar-refractivity contribution in [3.63, 3.8) is 0 Å². The molecule has 26 heavy (non-hydrogen) atoms. The predicted octanol–water partition coefficient (Wildman–Crippen LogP) is 1.76. The van der Waals surface area contributed by atoms with Gasteiger partial charge in [0, 0.05) is 18.7 Å². The third-order valence-corrected chi connectivity index (χ3v) is 4.38. The number of benzene rings is 1. The highest BCUT2D eigenvalue weighted by atomic mass is 32.2. The molecule has 0 bridgehead atoms. The normalized spacial score (nSPS) is 12.3. The highest BCUT2D eigenvalue weighted by Gasteiger charge is 2.07. The summed E-state index contributed by atoms with van der Waals surface area (Å²) in [6, 6.07) is 6.06. The SMILES string of the molecule is CCNC(=NCc1ccc(C)cc1OCCC(C)C)NCCS(N)(=O)=O. The van der Waals surface area contributed by atoms with E-state index in [1.54, 1.807) is 0 Å². The number of guanidine groups is 1. The molecule has 0 saturated heterocycles. The lowest BCUT2D eigenvalue weighted by atomic mass is 10.1. The average Bonchev–Trinajstić information content (AvgIpc) is 2.52. The van der Waals surface area contributed by atoms with Crippen LogP contribution in [0.1, 0.15) is 38.3 Å². The molecule has 0 saturated carbocycles. The van der Waals surface area contributed by atoms with Crippen LogP contribution in [0.3, 0.4) is 0 Å². The van der Waals surface area contributed by atoms with E-state index in [4.69, 9.17) is 9.88 Å². The van der Waals surface area contributed by atoms with Gasteiger partial charge in [-0.3, -0.25) is 0 Å². The van der Waals surface area contributed by atoms with Gasteiger partial charge in [0.15, 0.2) is 5.96 Å². The third-order valence-electron chi connectivity index (χ3n) is 3.61. The van der Waals surface area contributed by atoms with E-state index < -0.39 is 10.0 Å². The van der Waals surface area contributed by atoms with E-state index in [-0.39, 0.29) is 12.3 Å². The van der Waals surface area contributed by atoms with Crippen LogP contribution in [-0.2, 0) is 16.6 Å². The molecule has 0 aliphatic heterocycles. The molecule has 1 aromatic rings. The first kappa shape index (κ1) is 22.2. The Morgan fingerprint density at radius 1 is 1.31 bits per heavy atom. The molecule has 0 aliphatic rings. The molecular weight excluding hydrogens is 352 g/mol. The first-order valence-electron chi connectivity index (χ1n) is 8.96. The molecule has 0 fully saturated rings. The Bertz CT molecular complexity index is 688. The monoisotopic (exact) mass is 384 g/mol. The molecule has 8 heteroatoms. The number of hydrogen-bond acceptors (Lipinski definition) is 4. The summed E-state index contributed by atoms with van der Waals surface area (Å²) in [4.78, 5) is 4.52. The van der Waals surface area contributed by atoms with Crippen LogP contribution in [0.25, 0.3) is 0 Å². The zero-order valence-electron chi connectivity index (χ0n) is 16.2. The van der Waals surface area contributed by atoms with Crippen molar-refractivity contribution >= 4 is 16.0 Å². The van der Waals surface area contributed by atoms with Crippen LogP contribution in [0.4, 0.5) is 0 Å². The fourth-order valence-electron chi connectivity index (χ4n) is 2.15. The van der Waals surface area contributed by atoms with E-state index in [1.165, 1.54) is 0 Å². The molecule has 1 rings (SSSR count). The van der Waals surface area contributed by atoms with Crippen LogP contribution in [0, 0.1) is 12.8 Å². The van der Waals surface area contributed by atoms with E-state index >= 15 is 0 Å². The standard InChI is InChI=1S/C18H32N4O3S/c1-5-20-18(21-9-11-26(19,23)24)22-13-16-7-6-15(4)12-17(16)25-10-8-14(2)3/h6-7,12,14H,5,8-11,13H2,1-4H3,(H2,19,23,24)(H2,20,21,22). The van der Waals surface area contributed by atoms with Gasteiger partial charge in [-0.2, -0.15) is 0 Å². The molecule has 4 N–H and O–H groups in total. The van der Waals surface area contributed by atoms with E-state index in [0.717, 1.165) is 23.3 Å². The molecule has 1 aromatic carbocycles. The van der Waals surface area contributed by atoms with Crippen molar-refractivity contribution in [3.8, 4) is 5.75 Å². The molecule has 0 spiro atoms. The number of nitrogens with zero attached hydrogens (tertiary/aromatic N) is 1. The number of aliphatic imine (C=N–C) groups is 1. The average molecular weight is 385 g/mol. The summed E-state index contributed by atoms with van der Waals surface area (Å²) < 4.78 is 28.0. The summed E-state index contributed by atoms with van der Waals surface area (Å²) in [5.74, 6) is 1.83. The Morgan fingerprint density at radius 2 is 2.04 bits per heavy atom. The number of nitrogens with two attached hydrogens (primary N) is 1. The van der Waals surface area contributed by atoms with Crippen molar-refractivity contribution in [2.24, 2.45) is 16.0 Å². The Morgan fingerprint density at radius 3 is 2.65 bits per heavy atom. The van der Waals surface area contributed by atoms with Crippen molar-refractivity contribution in [1.82, 2.24) is 10.6 Å². The highest BCUT2D eigenvalue weighted by Crippen LogP contribution is 2.22. The van der Waals surface area contributed by atoms with Gasteiger partial charge in [0.05, 0.1) is 18.9 Å². The van der Waals surface area contributed by atoms with Crippen LogP contribution in [0.15, 0.2) is 23.2 Å². The maximum Gasteiger partial charge on any atom is 0.210 e. The minimum Gasteiger partial charge on any atom is -0.493 e. The molecule has 7 nitrogen and oxygen atoms in total. The number of nitrogens with one attached hydrogen (secondary N) is 2. The van der Waals surface area contributed by atoms with E-state index in [9.17, 15) is 8.42 Å². The van der Waals surface area contributed by atoms with Crippen molar-refractivity contribution in [3.05, 3.63) is 29.3 Å². The molecule has 0 aromatic heterocycles. The lowest BCUT2D eigenvalue weighted by Gasteiger charge is -2.14. The third kappa shape index (κ3) is 9.62. The summed E-state index contributed by atoms with van der Waals surface area (Å²) in [5.41, 5.74) is 2.12. The summed E-state index contributed by atoms with van der Waals surface area (Å²) in [6.07, 6.45) is 0.994. The molecule has 0 radical (unpaired) electrons. The van der Waals surface area contributed by atoms with Gasteiger partial charge < -0.3 is 15.4 Å². The summed E-state index contributed by atoms with van der Waals surface area (Å²) in [5, 5.41) is 11.1. The number of aryl methyl sites for hydroxylation is 1. The summed E-state index contributed by atoms with van der Waals surface area (Å²) in [7, 11) is -3.50. The van der Waals surface area contributed by atoms with Gasteiger partial charge in [0.25, 0.3) is 0 Å². The number of ether oxygens (including phenoxy) is 1. The zero-order chi connectivity index (χ0) is 19.6. The van der Waals surface area contributed by atoms with Crippen molar-refractivity contribution in [1.29, 1.82) is 0 Å². The minimum absolute atomic E-state index is 0.147. The minimum atomic E-state index is -3.50. The zero-order valence-corrected chi connectivity index (χ0v) is 17.0. The quantitative estimate of drug-likeness (QED) is 0.421. The summed E-state index contributed by atoms with van der Waals surface area (Å²) >= 11 is 0. The molecule has 148 valence electrons. The largest absolute Gasteiger partial charge is 0.493 e. The second kappa shape index (κ2) is 11.0. The first-order valence-corrected chi connectivity index (χ1v) is 10.7. The van der Waals surface area contributed by atoms with Crippen LogP contribution < -0.4 is 20.5 Å². The Kier molecular flexibility index (Phi) is 9.43. The van der Waals surface area contributed by atoms with Gasteiger partial charge in [0.2, 0.25) is 10.0 Å². The Balaban J connectivity index is 2.77. The van der Waals surface area contributed by atoms with E-state index in [1.807, 2.05) is 32.0 Å². The Hall–Kier alpha value is -1.80. The van der Waals surface area contributed by atoms with Gasteiger partial charge in [0.1, 0.15) is 5.75 Å². The second-order valence-corrected chi connectivity index (χ2v) is 8.37. The molecule has 0 amide bonds. The predicted molar refractivity (Wildman–Crippen MR) is 107 cm³/mol. The highest BCUT2D eigenvalue weighted by molar-refractivity contribution is 7.89. The Labute approximate surface area is 157 Å². The molecule has 0 aliphatic carbocycles. The van der Waals surface area contributed by atoms with Crippen LogP contribution >= 0.6 is 0 Å². The molecule has 0 atom stereocenters. The van der Waals surface area contributed by atoms with Gasteiger partial charge in [-0.05, 0) is 37.8 Å². The number of hydrogen-bond donors (Lipinski definition) is 3. The van der Waals surface area contributed by atoms with Gasteiger partial charge >= 0.3 is 0 Å². The molecule has 0 unspecified atom stereocenters. The van der Waals surface area contributed by atoms with Gasteiger partial charge in [-0.25, -0.2) is 18.5 Å². The molecular formula is C18H32N4O3S. The summed E-state index contributed by atoms with van der Waals surface area (Å²) in [6.45, 7) is 10.3. The van der Waals surface area contributed by atoms with Gasteiger partial charge in [-0.1, -0.05) is 26.0 Å². The van der Waals surface area contributed by atoms with Crippen LogP contribution in [-0.4, -0.2) is 39.8 Å². The maximum absolute atomic E-state index is 11.0. The van der Waals surface area contributed by atoms with Crippen LogP contribution in [0.5, 0.6) is 5.75 Å². The topological polar surface area (TPSA) is 106 Å². The number of primary sulfonamides is 1. The van der Waals surface area contributed by atoms with E-state index in [0.29, 0.717) is 31.6 Å². The number of sulfonamides is 1. The molecule has 0 heterocycles. The van der Waals surface area contributed by atoms with Crippen molar-refractivity contribution < 1.29 is 13.2 Å².